The first-order chi connectivity index (χ1) is 14.1. The Bertz CT molecular complexity index is 614. The lowest BCUT2D eigenvalue weighted by Gasteiger charge is -2.27. The Morgan fingerprint density at radius 1 is 0.933 bits per heavy atom. The summed E-state index contributed by atoms with van der Waals surface area (Å²) in [6.07, 6.45) is 1.42. The minimum absolute atomic E-state index is 0.295. The van der Waals surface area contributed by atoms with Crippen LogP contribution in [0, 0.1) is 5.92 Å². The molecular weight excluding hydrogens is 396 g/mol. The van der Waals surface area contributed by atoms with Crippen LogP contribution in [0.4, 0.5) is 0 Å². The van der Waals surface area contributed by atoms with Crippen LogP contribution in [0.1, 0.15) is 46.0 Å². The Morgan fingerprint density at radius 3 is 2.03 bits per heavy atom. The molecule has 0 fully saturated rings. The monoisotopic (exact) mass is 430 g/mol. The molecule has 10 N–H and O–H groups in total. The molecule has 172 valence electrons. The largest absolute Gasteiger partial charge is 0.480 e. The summed E-state index contributed by atoms with van der Waals surface area (Å²) in [7, 11) is 0. The van der Waals surface area contributed by atoms with E-state index in [1.54, 1.807) is 13.8 Å². The molecule has 30 heavy (non-hydrogen) atoms. The third-order valence-corrected chi connectivity index (χ3v) is 4.60. The molecule has 0 bridgehead atoms. The third-order valence-electron chi connectivity index (χ3n) is 4.60. The molecule has 0 saturated heterocycles. The van der Waals surface area contributed by atoms with Crippen molar-refractivity contribution in [2.45, 2.75) is 64.1 Å². The average molecular weight is 431 g/mol. The van der Waals surface area contributed by atoms with E-state index >= 15 is 0 Å². The molecule has 0 aromatic carbocycles. The minimum Gasteiger partial charge on any atom is -0.480 e. The first-order valence-corrected chi connectivity index (χ1v) is 9.88. The van der Waals surface area contributed by atoms with E-state index in [1.807, 2.05) is 0 Å². The van der Waals surface area contributed by atoms with Gasteiger partial charge in [-0.05, 0) is 31.7 Å². The molecule has 0 heterocycles. The van der Waals surface area contributed by atoms with Crippen molar-refractivity contribution in [2.24, 2.45) is 23.1 Å². The van der Waals surface area contributed by atoms with Crippen LogP contribution in [0.2, 0.25) is 0 Å². The lowest BCUT2D eigenvalue weighted by molar-refractivity contribution is -0.144. The van der Waals surface area contributed by atoms with Gasteiger partial charge < -0.3 is 38.3 Å². The fourth-order valence-electron chi connectivity index (χ4n) is 2.63. The Hall–Kier alpha value is -2.73. The summed E-state index contributed by atoms with van der Waals surface area (Å²) in [5.74, 6) is -4.57. The maximum Gasteiger partial charge on any atom is 0.326 e. The first kappa shape index (κ1) is 27.3. The SMILES string of the molecule is CCC(C)C(NC(=O)C(CCCCN)NC(=O)CN)C(=O)NC(CC(N)=O)C(=O)O. The zero-order valence-electron chi connectivity index (χ0n) is 17.5. The number of primary amides is 1. The van der Waals surface area contributed by atoms with Gasteiger partial charge >= 0.3 is 5.97 Å². The lowest BCUT2D eigenvalue weighted by atomic mass is 9.97. The summed E-state index contributed by atoms with van der Waals surface area (Å²) >= 11 is 0. The van der Waals surface area contributed by atoms with Crippen molar-refractivity contribution in [3.8, 4) is 0 Å². The van der Waals surface area contributed by atoms with E-state index in [4.69, 9.17) is 17.2 Å². The number of nitrogens with two attached hydrogens (primary N) is 3. The summed E-state index contributed by atoms with van der Waals surface area (Å²) in [6, 6.07) is -3.52. The summed E-state index contributed by atoms with van der Waals surface area (Å²) in [5, 5.41) is 16.5. The number of rotatable bonds is 15. The lowest BCUT2D eigenvalue weighted by Crippen LogP contribution is -2.58. The second-order valence-corrected chi connectivity index (χ2v) is 7.05. The summed E-state index contributed by atoms with van der Waals surface area (Å²) in [4.78, 5) is 59.4. The predicted molar refractivity (Wildman–Crippen MR) is 109 cm³/mol. The second kappa shape index (κ2) is 14.3. The van der Waals surface area contributed by atoms with E-state index in [0.717, 1.165) is 0 Å². The van der Waals surface area contributed by atoms with E-state index in [-0.39, 0.29) is 12.5 Å². The molecule has 4 amide bonds. The number of hydrogen-bond donors (Lipinski definition) is 7. The number of unbranched alkanes of at least 4 members (excludes halogenated alkanes) is 1. The van der Waals surface area contributed by atoms with Crippen LogP contribution >= 0.6 is 0 Å². The molecule has 0 spiro atoms. The van der Waals surface area contributed by atoms with Gasteiger partial charge in [0.05, 0.1) is 13.0 Å². The zero-order valence-corrected chi connectivity index (χ0v) is 17.5. The Morgan fingerprint density at radius 2 is 1.57 bits per heavy atom. The van der Waals surface area contributed by atoms with Crippen LogP contribution in [0.25, 0.3) is 0 Å². The van der Waals surface area contributed by atoms with Crippen LogP contribution in [-0.2, 0) is 24.0 Å². The molecule has 12 heteroatoms. The maximum atomic E-state index is 12.8. The minimum atomic E-state index is -1.52. The van der Waals surface area contributed by atoms with Gasteiger partial charge in [-0.1, -0.05) is 20.3 Å². The fraction of sp³-hybridized carbons (Fsp3) is 0.722. The fourth-order valence-corrected chi connectivity index (χ4v) is 2.63. The number of carboxylic acid groups (broad SMARTS) is 1. The van der Waals surface area contributed by atoms with Crippen molar-refractivity contribution in [2.75, 3.05) is 13.1 Å². The van der Waals surface area contributed by atoms with E-state index in [2.05, 4.69) is 16.0 Å². The maximum absolute atomic E-state index is 12.8. The molecule has 4 atom stereocenters. The van der Waals surface area contributed by atoms with Crippen LogP contribution in [0.15, 0.2) is 0 Å². The van der Waals surface area contributed by atoms with Crippen LogP contribution in [-0.4, -0.2) is 65.9 Å². The van der Waals surface area contributed by atoms with Gasteiger partial charge in [0.15, 0.2) is 0 Å². The second-order valence-electron chi connectivity index (χ2n) is 7.05. The van der Waals surface area contributed by atoms with Crippen molar-refractivity contribution in [3.05, 3.63) is 0 Å². The summed E-state index contributed by atoms with van der Waals surface area (Å²) in [5.41, 5.74) is 15.8. The van der Waals surface area contributed by atoms with Gasteiger partial charge in [-0.15, -0.1) is 0 Å². The van der Waals surface area contributed by atoms with Gasteiger partial charge in [0, 0.05) is 0 Å². The topological polar surface area (TPSA) is 220 Å². The van der Waals surface area contributed by atoms with Gasteiger partial charge in [0.1, 0.15) is 18.1 Å². The van der Waals surface area contributed by atoms with Crippen molar-refractivity contribution >= 4 is 29.6 Å². The molecule has 0 aromatic heterocycles. The number of nitrogens with one attached hydrogen (secondary N) is 3. The molecule has 0 aliphatic heterocycles. The molecule has 0 aliphatic rings. The van der Waals surface area contributed by atoms with E-state index in [0.29, 0.717) is 32.2 Å². The first-order valence-electron chi connectivity index (χ1n) is 9.88. The number of carboxylic acids is 1. The highest BCUT2D eigenvalue weighted by Gasteiger charge is 2.32. The highest BCUT2D eigenvalue weighted by Crippen LogP contribution is 2.10. The molecule has 0 rings (SSSR count). The predicted octanol–water partition coefficient (Wildman–Crippen LogP) is -2.47. The number of carbonyl (C=O) groups excluding carboxylic acids is 4. The van der Waals surface area contributed by atoms with Crippen LogP contribution in [0.3, 0.4) is 0 Å². The highest BCUT2D eigenvalue weighted by molar-refractivity contribution is 5.94. The Balaban J connectivity index is 5.40. The van der Waals surface area contributed by atoms with Crippen molar-refractivity contribution in [1.29, 1.82) is 0 Å². The molecule has 0 radical (unpaired) electrons. The Kier molecular flexibility index (Phi) is 13.0. The van der Waals surface area contributed by atoms with Gasteiger partial charge in [-0.25, -0.2) is 4.79 Å². The van der Waals surface area contributed by atoms with Gasteiger partial charge in [0.25, 0.3) is 0 Å². The molecule has 0 aliphatic carbocycles. The number of amides is 4. The van der Waals surface area contributed by atoms with Gasteiger partial charge in [-0.3, -0.25) is 19.2 Å². The molecular formula is C18H34N6O6. The number of hydrogen-bond acceptors (Lipinski definition) is 7. The summed E-state index contributed by atoms with van der Waals surface area (Å²) in [6.45, 7) is 3.62. The van der Waals surface area contributed by atoms with Gasteiger partial charge in [-0.2, -0.15) is 0 Å². The molecule has 0 aromatic rings. The summed E-state index contributed by atoms with van der Waals surface area (Å²) < 4.78 is 0. The van der Waals surface area contributed by atoms with Crippen LogP contribution < -0.4 is 33.2 Å². The van der Waals surface area contributed by atoms with Crippen molar-refractivity contribution in [3.63, 3.8) is 0 Å². The van der Waals surface area contributed by atoms with E-state index in [9.17, 15) is 29.1 Å². The quantitative estimate of drug-likeness (QED) is 0.138. The zero-order chi connectivity index (χ0) is 23.3. The van der Waals surface area contributed by atoms with Gasteiger partial charge in [0.2, 0.25) is 23.6 Å². The molecule has 0 saturated carbocycles. The van der Waals surface area contributed by atoms with Crippen LogP contribution in [0.5, 0.6) is 0 Å². The Labute approximate surface area is 175 Å². The van der Waals surface area contributed by atoms with E-state index in [1.165, 1.54) is 0 Å². The normalized spacial score (nSPS) is 14.7. The molecule has 4 unspecified atom stereocenters. The van der Waals surface area contributed by atoms with E-state index < -0.39 is 54.1 Å². The number of aliphatic carboxylic acids is 1. The smallest absolute Gasteiger partial charge is 0.326 e. The highest BCUT2D eigenvalue weighted by atomic mass is 16.4. The number of carbonyl (C=O) groups is 5. The van der Waals surface area contributed by atoms with Crippen molar-refractivity contribution < 1.29 is 29.1 Å². The third kappa shape index (κ3) is 10.2. The molecule has 12 nitrogen and oxygen atoms in total. The van der Waals surface area contributed by atoms with Crippen molar-refractivity contribution in [1.82, 2.24) is 16.0 Å². The standard InChI is InChI=1S/C18H34N6O6/c1-3-10(2)15(17(28)23-12(18(29)30)8-13(21)25)24-16(27)11(6-4-5-7-19)22-14(26)9-20/h10-12,15H,3-9,19-20H2,1-2H3,(H2,21,25)(H,22,26)(H,23,28)(H,24,27)(H,29,30). The average Bonchev–Trinajstić information content (AvgIpc) is 2.69.